The van der Waals surface area contributed by atoms with E-state index in [1.54, 1.807) is 0 Å². The molecule has 1 fully saturated rings. The van der Waals surface area contributed by atoms with E-state index in [1.165, 1.54) is 0 Å². The third-order valence-electron chi connectivity index (χ3n) is 2.24. The van der Waals surface area contributed by atoms with Gasteiger partial charge in [-0.2, -0.15) is 0 Å². The summed E-state index contributed by atoms with van der Waals surface area (Å²) >= 11 is 0. The fourth-order valence-corrected chi connectivity index (χ4v) is 1.26. The topological polar surface area (TPSA) is 121 Å². The molecule has 8 heteroatoms. The molecule has 1 rings (SSSR count). The third-order valence-corrected chi connectivity index (χ3v) is 2.24. The Morgan fingerprint density at radius 3 is 1.36 bits per heavy atom. The minimum Gasteiger partial charge on any atom is -0.387 e. The van der Waals surface area contributed by atoms with Crippen LogP contribution in [-0.2, 0) is 0 Å². The fourth-order valence-electron chi connectivity index (χ4n) is 1.26. The second kappa shape index (κ2) is 3.05. The molecule has 0 saturated heterocycles. The monoisotopic (exact) mass is 216 g/mol. The van der Waals surface area contributed by atoms with E-state index in [1.807, 2.05) is 0 Å². The van der Waals surface area contributed by atoms with Gasteiger partial charge in [-0.05, 0) is 0 Å². The lowest BCUT2D eigenvalue weighted by Gasteiger charge is -2.45. The normalized spacial score (nSPS) is 60.0. The lowest BCUT2D eigenvalue weighted by Crippen LogP contribution is -2.73. The summed E-state index contributed by atoms with van der Waals surface area (Å²) in [4.78, 5) is 0. The summed E-state index contributed by atoms with van der Waals surface area (Å²) in [6.07, 6.45) is -10.8. The van der Waals surface area contributed by atoms with Gasteiger partial charge >= 0.3 is 0 Å². The van der Waals surface area contributed by atoms with Gasteiger partial charge in [-0.3, -0.25) is 0 Å². The molecule has 1 aliphatic rings. The van der Waals surface area contributed by atoms with Gasteiger partial charge in [0.2, 0.25) is 0 Å². The summed E-state index contributed by atoms with van der Waals surface area (Å²) in [7, 11) is 0. The maximum Gasteiger partial charge on any atom is 0.267 e. The third kappa shape index (κ3) is 1.31. The number of aliphatic hydroxyl groups excluding tert-OH is 4. The second-order valence-electron chi connectivity index (χ2n) is 3.24. The first-order chi connectivity index (χ1) is 6.13. The molecule has 6 N–H and O–H groups in total. The minimum atomic E-state index is -3.94. The van der Waals surface area contributed by atoms with Gasteiger partial charge in [0.05, 0.1) is 0 Å². The van der Waals surface area contributed by atoms with Gasteiger partial charge < -0.3 is 30.6 Å². The molecule has 0 bridgehead atoms. The minimum absolute atomic E-state index is 2.46. The van der Waals surface area contributed by atoms with E-state index >= 15 is 0 Å². The van der Waals surface area contributed by atoms with Crippen molar-refractivity contribution in [2.45, 2.75) is 36.1 Å². The fraction of sp³-hybridized carbons (Fsp3) is 1.00. The van der Waals surface area contributed by atoms with Crippen molar-refractivity contribution in [2.24, 2.45) is 0 Å². The van der Waals surface area contributed by atoms with Crippen molar-refractivity contribution >= 4 is 0 Å². The number of halogens is 2. The van der Waals surface area contributed by atoms with Crippen LogP contribution >= 0.6 is 0 Å². The molecule has 0 amide bonds. The molecule has 6 nitrogen and oxygen atoms in total. The Bertz CT molecular complexity index is 210. The van der Waals surface area contributed by atoms with Crippen molar-refractivity contribution in [2.75, 3.05) is 0 Å². The van der Waals surface area contributed by atoms with Gasteiger partial charge in [0.1, 0.15) is 18.3 Å². The summed E-state index contributed by atoms with van der Waals surface area (Å²) in [5, 5.41) is 52.6. The Kier molecular flexibility index (Phi) is 2.55. The largest absolute Gasteiger partial charge is 0.387 e. The SMILES string of the molecule is OC1[C@@H](O)[C@@](O)(F)C(O)[C@@](O)(F)[C@H]1O. The van der Waals surface area contributed by atoms with Crippen LogP contribution in [0.25, 0.3) is 0 Å². The van der Waals surface area contributed by atoms with Gasteiger partial charge in [-0.25, -0.2) is 8.78 Å². The quantitative estimate of drug-likeness (QED) is 0.253. The molecule has 1 aliphatic carbocycles. The molecule has 2 unspecified atom stereocenters. The molecule has 0 aromatic heterocycles. The predicted octanol–water partition coefficient (Wildman–Crippen LogP) is -3.24. The molecule has 14 heavy (non-hydrogen) atoms. The van der Waals surface area contributed by atoms with Crippen LogP contribution < -0.4 is 0 Å². The Hall–Kier alpha value is -0.380. The molecular weight excluding hydrogens is 206 g/mol. The van der Waals surface area contributed by atoms with Crippen LogP contribution in [0.3, 0.4) is 0 Å². The lowest BCUT2D eigenvalue weighted by molar-refractivity contribution is -0.374. The Balaban J connectivity index is 3.09. The van der Waals surface area contributed by atoms with E-state index in [-0.39, 0.29) is 0 Å². The van der Waals surface area contributed by atoms with E-state index in [0.29, 0.717) is 0 Å². The number of hydrogen-bond donors (Lipinski definition) is 6. The first-order valence-corrected chi connectivity index (χ1v) is 3.68. The Morgan fingerprint density at radius 2 is 1.07 bits per heavy atom. The highest BCUT2D eigenvalue weighted by atomic mass is 19.2. The maximum atomic E-state index is 13.0. The number of rotatable bonds is 0. The average Bonchev–Trinajstić information content (AvgIpc) is 2.11. The zero-order chi connectivity index (χ0) is 11.3. The molecule has 0 heterocycles. The summed E-state index contributed by atoms with van der Waals surface area (Å²) in [6.45, 7) is 0. The van der Waals surface area contributed by atoms with Crippen LogP contribution in [-0.4, -0.2) is 66.8 Å². The molecule has 1 saturated carbocycles. The number of hydrogen-bond acceptors (Lipinski definition) is 6. The number of aliphatic hydroxyl groups is 6. The van der Waals surface area contributed by atoms with Crippen LogP contribution in [0.2, 0.25) is 0 Å². The molecule has 84 valence electrons. The highest BCUT2D eigenvalue weighted by Crippen LogP contribution is 2.38. The first kappa shape index (κ1) is 11.7. The van der Waals surface area contributed by atoms with Gasteiger partial charge in [0.25, 0.3) is 11.7 Å². The van der Waals surface area contributed by atoms with E-state index < -0.39 is 36.1 Å². The van der Waals surface area contributed by atoms with Crippen LogP contribution in [0.15, 0.2) is 0 Å². The predicted molar refractivity (Wildman–Crippen MR) is 36.1 cm³/mol. The lowest BCUT2D eigenvalue weighted by atomic mass is 9.81. The number of alkyl halides is 2. The zero-order valence-electron chi connectivity index (χ0n) is 6.75. The molecule has 0 aliphatic heterocycles. The standard InChI is InChI=1S/C6H10F2O6/c7-5(13)2(10)1(9)3(11)6(8,14)4(5)12/h1-4,9-14H/t1?,2-,3+,4?,5+,6-. The molecule has 6 atom stereocenters. The van der Waals surface area contributed by atoms with Gasteiger partial charge in [0, 0.05) is 0 Å². The average molecular weight is 216 g/mol. The van der Waals surface area contributed by atoms with Crippen molar-refractivity contribution in [3.05, 3.63) is 0 Å². The summed E-state index contributed by atoms with van der Waals surface area (Å²) in [5.41, 5.74) is 0. The van der Waals surface area contributed by atoms with E-state index in [0.717, 1.165) is 0 Å². The van der Waals surface area contributed by atoms with Crippen LogP contribution in [0.4, 0.5) is 8.78 Å². The zero-order valence-corrected chi connectivity index (χ0v) is 6.75. The van der Waals surface area contributed by atoms with E-state index in [4.69, 9.17) is 30.6 Å². The molecule has 0 aromatic rings. The molecular formula is C6H10F2O6. The van der Waals surface area contributed by atoms with Crippen molar-refractivity contribution in [3.63, 3.8) is 0 Å². The van der Waals surface area contributed by atoms with Crippen molar-refractivity contribution < 1.29 is 39.4 Å². The smallest absolute Gasteiger partial charge is 0.267 e. The highest BCUT2D eigenvalue weighted by Gasteiger charge is 2.67. The maximum absolute atomic E-state index is 13.0. The van der Waals surface area contributed by atoms with Crippen molar-refractivity contribution in [1.82, 2.24) is 0 Å². The summed E-state index contributed by atoms with van der Waals surface area (Å²) in [5.74, 6) is -7.88. The summed E-state index contributed by atoms with van der Waals surface area (Å²) in [6, 6.07) is 0. The van der Waals surface area contributed by atoms with Gasteiger partial charge in [-0.1, -0.05) is 0 Å². The van der Waals surface area contributed by atoms with E-state index in [2.05, 4.69) is 0 Å². The molecule has 0 radical (unpaired) electrons. The van der Waals surface area contributed by atoms with Gasteiger partial charge in [-0.15, -0.1) is 0 Å². The van der Waals surface area contributed by atoms with E-state index in [9.17, 15) is 8.78 Å². The molecule has 0 spiro atoms. The Labute approximate surface area is 76.7 Å². The van der Waals surface area contributed by atoms with Crippen molar-refractivity contribution in [1.29, 1.82) is 0 Å². The van der Waals surface area contributed by atoms with Gasteiger partial charge in [0.15, 0.2) is 6.10 Å². The summed E-state index contributed by atoms with van der Waals surface area (Å²) < 4.78 is 25.9. The van der Waals surface area contributed by atoms with Crippen LogP contribution in [0.5, 0.6) is 0 Å². The first-order valence-electron chi connectivity index (χ1n) is 3.68. The van der Waals surface area contributed by atoms with Crippen LogP contribution in [0.1, 0.15) is 0 Å². The second-order valence-corrected chi connectivity index (χ2v) is 3.24. The van der Waals surface area contributed by atoms with Crippen molar-refractivity contribution in [3.8, 4) is 0 Å². The molecule has 0 aromatic carbocycles. The van der Waals surface area contributed by atoms with Crippen LogP contribution in [0, 0.1) is 0 Å². The Morgan fingerprint density at radius 1 is 0.786 bits per heavy atom. The highest BCUT2D eigenvalue weighted by molar-refractivity contribution is 5.06.